The SMILES string of the molecule is Cc1ccc(C(=O)N2CCN(C(=O)c3ccc(Oc4ccc(F)c(F)c4)cc3)CC2)o1. The monoisotopic (exact) mass is 426 g/mol. The maximum absolute atomic E-state index is 13.3. The zero-order valence-electron chi connectivity index (χ0n) is 16.8. The van der Waals surface area contributed by atoms with E-state index in [2.05, 4.69) is 0 Å². The van der Waals surface area contributed by atoms with Crippen LogP contribution in [-0.4, -0.2) is 47.8 Å². The van der Waals surface area contributed by atoms with Gasteiger partial charge in [0.1, 0.15) is 17.3 Å². The average molecular weight is 426 g/mol. The Kier molecular flexibility index (Phi) is 5.70. The van der Waals surface area contributed by atoms with Crippen LogP contribution in [0.2, 0.25) is 0 Å². The van der Waals surface area contributed by atoms with E-state index in [0.717, 1.165) is 12.1 Å². The first-order valence-corrected chi connectivity index (χ1v) is 9.78. The fourth-order valence-electron chi connectivity index (χ4n) is 3.34. The van der Waals surface area contributed by atoms with Crippen molar-refractivity contribution in [2.24, 2.45) is 0 Å². The van der Waals surface area contributed by atoms with E-state index in [4.69, 9.17) is 9.15 Å². The zero-order chi connectivity index (χ0) is 22.0. The third-order valence-electron chi connectivity index (χ3n) is 5.03. The number of piperazine rings is 1. The van der Waals surface area contributed by atoms with Gasteiger partial charge in [-0.25, -0.2) is 8.78 Å². The first kappa shape index (κ1) is 20.6. The summed E-state index contributed by atoms with van der Waals surface area (Å²) in [6, 6.07) is 13.1. The van der Waals surface area contributed by atoms with Gasteiger partial charge in [-0.05, 0) is 55.5 Å². The molecular weight excluding hydrogens is 406 g/mol. The van der Waals surface area contributed by atoms with Crippen molar-refractivity contribution in [3.05, 3.63) is 83.3 Å². The molecule has 0 spiro atoms. The van der Waals surface area contributed by atoms with Gasteiger partial charge in [0.2, 0.25) is 0 Å². The zero-order valence-corrected chi connectivity index (χ0v) is 16.8. The number of hydrogen-bond donors (Lipinski definition) is 0. The standard InChI is InChI=1S/C23H20F2N2O4/c1-15-2-9-21(30-15)23(29)27-12-10-26(11-13-27)22(28)16-3-5-17(6-4-16)31-18-7-8-19(24)20(25)14-18/h2-9,14H,10-13H2,1H3. The van der Waals surface area contributed by atoms with Crippen LogP contribution < -0.4 is 4.74 Å². The van der Waals surface area contributed by atoms with Crippen LogP contribution >= 0.6 is 0 Å². The highest BCUT2D eigenvalue weighted by Crippen LogP contribution is 2.24. The van der Waals surface area contributed by atoms with E-state index in [9.17, 15) is 18.4 Å². The van der Waals surface area contributed by atoms with Gasteiger partial charge >= 0.3 is 0 Å². The lowest BCUT2D eigenvalue weighted by atomic mass is 10.1. The second-order valence-corrected chi connectivity index (χ2v) is 7.20. The molecule has 31 heavy (non-hydrogen) atoms. The minimum atomic E-state index is -0.996. The van der Waals surface area contributed by atoms with E-state index in [-0.39, 0.29) is 17.6 Å². The number of furan rings is 1. The number of aryl methyl sites for hydroxylation is 1. The predicted molar refractivity (Wildman–Crippen MR) is 108 cm³/mol. The van der Waals surface area contributed by atoms with Crippen molar-refractivity contribution in [2.45, 2.75) is 6.92 Å². The highest BCUT2D eigenvalue weighted by atomic mass is 19.2. The molecule has 6 nitrogen and oxygen atoms in total. The quantitative estimate of drug-likeness (QED) is 0.626. The molecule has 1 saturated heterocycles. The Morgan fingerprint density at radius 2 is 1.42 bits per heavy atom. The molecule has 0 aliphatic carbocycles. The Labute approximate surface area is 177 Å². The van der Waals surface area contributed by atoms with Gasteiger partial charge in [0, 0.05) is 37.8 Å². The molecule has 0 saturated carbocycles. The van der Waals surface area contributed by atoms with Crippen LogP contribution in [0.1, 0.15) is 26.7 Å². The van der Waals surface area contributed by atoms with Gasteiger partial charge in [0.15, 0.2) is 17.4 Å². The third-order valence-corrected chi connectivity index (χ3v) is 5.03. The molecule has 1 fully saturated rings. The number of carbonyl (C=O) groups is 2. The number of amides is 2. The van der Waals surface area contributed by atoms with E-state index in [1.807, 2.05) is 0 Å². The molecule has 1 aliphatic rings. The lowest BCUT2D eigenvalue weighted by Gasteiger charge is -2.34. The van der Waals surface area contributed by atoms with Crippen LogP contribution in [0.3, 0.4) is 0 Å². The minimum absolute atomic E-state index is 0.152. The molecule has 160 valence electrons. The average Bonchev–Trinajstić information content (AvgIpc) is 3.22. The number of rotatable bonds is 4. The number of benzene rings is 2. The fraction of sp³-hybridized carbons (Fsp3) is 0.217. The normalized spacial score (nSPS) is 13.9. The summed E-state index contributed by atoms with van der Waals surface area (Å²) in [7, 11) is 0. The number of carbonyl (C=O) groups excluding carboxylic acids is 2. The van der Waals surface area contributed by atoms with Crippen molar-refractivity contribution in [3.63, 3.8) is 0 Å². The van der Waals surface area contributed by atoms with E-state index in [1.165, 1.54) is 6.07 Å². The van der Waals surface area contributed by atoms with E-state index >= 15 is 0 Å². The Morgan fingerprint density at radius 3 is 2.00 bits per heavy atom. The molecule has 0 radical (unpaired) electrons. The molecule has 0 atom stereocenters. The molecule has 1 aromatic heterocycles. The molecule has 8 heteroatoms. The topological polar surface area (TPSA) is 63.0 Å². The summed E-state index contributed by atoms with van der Waals surface area (Å²) >= 11 is 0. The first-order valence-electron chi connectivity index (χ1n) is 9.78. The van der Waals surface area contributed by atoms with Gasteiger partial charge in [-0.1, -0.05) is 0 Å². The Bertz CT molecular complexity index is 1100. The molecule has 0 unspecified atom stereocenters. The van der Waals surface area contributed by atoms with Crippen molar-refractivity contribution in [1.82, 2.24) is 9.80 Å². The van der Waals surface area contributed by atoms with Gasteiger partial charge in [0.25, 0.3) is 11.8 Å². The third kappa shape index (κ3) is 4.58. The summed E-state index contributed by atoms with van der Waals surface area (Å²) in [4.78, 5) is 28.6. The van der Waals surface area contributed by atoms with Crippen LogP contribution in [0.5, 0.6) is 11.5 Å². The Morgan fingerprint density at radius 1 is 0.806 bits per heavy atom. The van der Waals surface area contributed by atoms with Crippen molar-refractivity contribution < 1.29 is 27.5 Å². The van der Waals surface area contributed by atoms with Crippen LogP contribution in [0.4, 0.5) is 8.78 Å². The molecule has 0 bridgehead atoms. The molecular formula is C23H20F2N2O4. The summed E-state index contributed by atoms with van der Waals surface area (Å²) in [6.07, 6.45) is 0. The van der Waals surface area contributed by atoms with Crippen LogP contribution in [0.15, 0.2) is 59.0 Å². The summed E-state index contributed by atoms with van der Waals surface area (Å²) in [5.41, 5.74) is 0.471. The Hall–Kier alpha value is -3.68. The van der Waals surface area contributed by atoms with Crippen molar-refractivity contribution >= 4 is 11.8 Å². The van der Waals surface area contributed by atoms with E-state index in [0.29, 0.717) is 49.0 Å². The predicted octanol–water partition coefficient (Wildman–Crippen LogP) is 4.26. The summed E-state index contributed by atoms with van der Waals surface area (Å²) in [6.45, 7) is 3.44. The lowest BCUT2D eigenvalue weighted by Crippen LogP contribution is -2.50. The molecule has 2 amide bonds. The fourth-order valence-corrected chi connectivity index (χ4v) is 3.34. The molecule has 3 aromatic rings. The maximum Gasteiger partial charge on any atom is 0.289 e. The van der Waals surface area contributed by atoms with Crippen molar-refractivity contribution in [1.29, 1.82) is 0 Å². The second kappa shape index (κ2) is 8.59. The van der Waals surface area contributed by atoms with Gasteiger partial charge in [-0.15, -0.1) is 0 Å². The molecule has 2 heterocycles. The van der Waals surface area contributed by atoms with Gasteiger partial charge in [-0.2, -0.15) is 0 Å². The van der Waals surface area contributed by atoms with Crippen LogP contribution in [-0.2, 0) is 0 Å². The number of hydrogen-bond acceptors (Lipinski definition) is 4. The summed E-state index contributed by atoms with van der Waals surface area (Å²) in [5.74, 6) is -0.752. The van der Waals surface area contributed by atoms with Gasteiger partial charge in [0.05, 0.1) is 0 Å². The molecule has 4 rings (SSSR count). The number of halogens is 2. The van der Waals surface area contributed by atoms with E-state index in [1.54, 1.807) is 53.1 Å². The molecule has 2 aromatic carbocycles. The Balaban J connectivity index is 1.34. The maximum atomic E-state index is 13.3. The van der Waals surface area contributed by atoms with Crippen LogP contribution in [0, 0.1) is 18.6 Å². The number of nitrogens with zero attached hydrogens (tertiary/aromatic N) is 2. The van der Waals surface area contributed by atoms with Crippen molar-refractivity contribution in [3.8, 4) is 11.5 Å². The summed E-state index contributed by atoms with van der Waals surface area (Å²) in [5, 5.41) is 0. The largest absolute Gasteiger partial charge is 0.457 e. The minimum Gasteiger partial charge on any atom is -0.457 e. The second-order valence-electron chi connectivity index (χ2n) is 7.20. The van der Waals surface area contributed by atoms with Gasteiger partial charge in [-0.3, -0.25) is 9.59 Å². The van der Waals surface area contributed by atoms with Gasteiger partial charge < -0.3 is 19.0 Å². The molecule has 1 aliphatic heterocycles. The van der Waals surface area contributed by atoms with Crippen molar-refractivity contribution in [2.75, 3.05) is 26.2 Å². The lowest BCUT2D eigenvalue weighted by molar-refractivity contribution is 0.0517. The highest BCUT2D eigenvalue weighted by Gasteiger charge is 2.26. The smallest absolute Gasteiger partial charge is 0.289 e. The molecule has 0 N–H and O–H groups in total. The van der Waals surface area contributed by atoms with Crippen LogP contribution in [0.25, 0.3) is 0 Å². The highest BCUT2D eigenvalue weighted by molar-refractivity contribution is 5.95. The number of ether oxygens (including phenoxy) is 1. The first-order chi connectivity index (χ1) is 14.9. The summed E-state index contributed by atoms with van der Waals surface area (Å²) < 4.78 is 37.2. The van der Waals surface area contributed by atoms with E-state index < -0.39 is 11.6 Å².